The molecule has 0 aliphatic carbocycles. The molecule has 7 heteroatoms. The number of carbonyl (C=O) groups is 1. The number of fused-ring (bicyclic) bond motifs is 1. The summed E-state index contributed by atoms with van der Waals surface area (Å²) in [6.45, 7) is 2.61. The monoisotopic (exact) mass is 508 g/mol. The van der Waals surface area contributed by atoms with Gasteiger partial charge in [-0.05, 0) is 47.9 Å². The number of aryl methyl sites for hydroxylation is 1. The summed E-state index contributed by atoms with van der Waals surface area (Å²) in [4.78, 5) is 30.4. The molecule has 5 aromatic rings. The summed E-state index contributed by atoms with van der Waals surface area (Å²) < 4.78 is 1.64. The van der Waals surface area contributed by atoms with Crippen molar-refractivity contribution in [3.05, 3.63) is 129 Å². The highest BCUT2D eigenvalue weighted by Crippen LogP contribution is 2.27. The Hall–Kier alpha value is -4.42. The molecule has 4 aromatic carbocycles. The van der Waals surface area contributed by atoms with Gasteiger partial charge in [0.25, 0.3) is 5.56 Å². The minimum Gasteiger partial charge on any atom is -0.334 e. The largest absolute Gasteiger partial charge is 0.334 e. The summed E-state index contributed by atoms with van der Waals surface area (Å²) in [6.07, 6.45) is 0. The molecule has 1 heterocycles. The highest BCUT2D eigenvalue weighted by atomic mass is 35.5. The van der Waals surface area contributed by atoms with E-state index in [1.165, 1.54) is 0 Å². The second-order valence-corrected chi connectivity index (χ2v) is 9.16. The predicted molar refractivity (Wildman–Crippen MR) is 149 cm³/mol. The Morgan fingerprint density at radius 1 is 0.892 bits per heavy atom. The van der Waals surface area contributed by atoms with Crippen LogP contribution in [0, 0.1) is 6.92 Å². The van der Waals surface area contributed by atoms with E-state index in [1.54, 1.807) is 22.8 Å². The summed E-state index contributed by atoms with van der Waals surface area (Å²) in [7, 11) is 0. The van der Waals surface area contributed by atoms with Crippen LogP contribution in [-0.2, 0) is 13.1 Å². The van der Waals surface area contributed by atoms with Gasteiger partial charge in [0.1, 0.15) is 5.82 Å². The maximum Gasteiger partial charge on any atom is 0.319 e. The molecular weight excluding hydrogens is 484 g/mol. The number of nitrogens with one attached hydrogen (secondary N) is 2. The van der Waals surface area contributed by atoms with E-state index in [0.29, 0.717) is 40.5 Å². The van der Waals surface area contributed by atoms with Crippen LogP contribution in [-0.4, -0.2) is 15.6 Å². The molecule has 0 saturated heterocycles. The molecule has 0 aliphatic rings. The van der Waals surface area contributed by atoms with Crippen molar-refractivity contribution in [1.82, 2.24) is 14.9 Å². The Labute approximate surface area is 219 Å². The summed E-state index contributed by atoms with van der Waals surface area (Å²) in [5.41, 5.74) is 4.89. The van der Waals surface area contributed by atoms with Gasteiger partial charge in [0.15, 0.2) is 0 Å². The van der Waals surface area contributed by atoms with Crippen LogP contribution in [0.1, 0.15) is 17.0 Å². The molecule has 0 fully saturated rings. The van der Waals surface area contributed by atoms with Gasteiger partial charge >= 0.3 is 6.03 Å². The first-order valence-electron chi connectivity index (χ1n) is 11.9. The molecule has 0 bridgehead atoms. The van der Waals surface area contributed by atoms with Gasteiger partial charge in [-0.15, -0.1) is 0 Å². The smallest absolute Gasteiger partial charge is 0.319 e. The van der Waals surface area contributed by atoms with E-state index in [9.17, 15) is 9.59 Å². The van der Waals surface area contributed by atoms with Crippen molar-refractivity contribution in [1.29, 1.82) is 0 Å². The molecule has 0 aliphatic heterocycles. The van der Waals surface area contributed by atoms with Crippen LogP contribution in [0.25, 0.3) is 22.0 Å². The number of rotatable bonds is 6. The fraction of sp³-hybridized carbons (Fsp3) is 0.100. The van der Waals surface area contributed by atoms with E-state index < -0.39 is 0 Å². The first kappa shape index (κ1) is 24.3. The average Bonchev–Trinajstić information content (AvgIpc) is 2.92. The molecule has 0 spiro atoms. The van der Waals surface area contributed by atoms with Gasteiger partial charge in [-0.3, -0.25) is 9.36 Å². The first-order chi connectivity index (χ1) is 18.0. The Morgan fingerprint density at radius 3 is 2.38 bits per heavy atom. The zero-order valence-corrected chi connectivity index (χ0v) is 21.0. The van der Waals surface area contributed by atoms with Crippen molar-refractivity contribution in [2.75, 3.05) is 5.32 Å². The van der Waals surface area contributed by atoms with Crippen molar-refractivity contribution in [3.8, 4) is 11.1 Å². The summed E-state index contributed by atoms with van der Waals surface area (Å²) >= 11 is 6.33. The molecular formula is C30H25ClN4O2. The third-order valence-electron chi connectivity index (χ3n) is 6.18. The zero-order valence-electron chi connectivity index (χ0n) is 20.2. The lowest BCUT2D eigenvalue weighted by molar-refractivity contribution is 0.251. The number of urea groups is 1. The standard InChI is InChI=1S/C30H25ClN4O2/c1-20-33-28-16-15-24(34-30(37)32-18-21-7-3-2-4-8-21)17-26(28)29(36)35(20)19-22-11-13-23(14-12-22)25-9-5-6-10-27(25)31/h2-17H,18-19H2,1H3,(H2,32,34,37). The van der Waals surface area contributed by atoms with Gasteiger partial charge in [-0.2, -0.15) is 0 Å². The molecule has 0 radical (unpaired) electrons. The summed E-state index contributed by atoms with van der Waals surface area (Å²) in [5, 5.41) is 6.77. The SMILES string of the molecule is Cc1nc2ccc(NC(=O)NCc3ccccc3)cc2c(=O)n1Cc1ccc(-c2ccccc2Cl)cc1. The van der Waals surface area contributed by atoms with Crippen LogP contribution >= 0.6 is 11.6 Å². The fourth-order valence-electron chi connectivity index (χ4n) is 4.22. The molecule has 2 N–H and O–H groups in total. The van der Waals surface area contributed by atoms with Gasteiger partial charge in [-0.25, -0.2) is 9.78 Å². The van der Waals surface area contributed by atoms with E-state index in [1.807, 2.05) is 85.8 Å². The highest BCUT2D eigenvalue weighted by Gasteiger charge is 2.11. The summed E-state index contributed by atoms with van der Waals surface area (Å²) in [5.74, 6) is 0.619. The second-order valence-electron chi connectivity index (χ2n) is 8.75. The normalized spacial score (nSPS) is 10.9. The number of hydrogen-bond acceptors (Lipinski definition) is 3. The Bertz CT molecular complexity index is 1630. The van der Waals surface area contributed by atoms with Crippen LogP contribution in [0.2, 0.25) is 5.02 Å². The van der Waals surface area contributed by atoms with Crippen molar-refractivity contribution in [2.45, 2.75) is 20.0 Å². The number of anilines is 1. The van der Waals surface area contributed by atoms with Gasteiger partial charge < -0.3 is 10.6 Å². The lowest BCUT2D eigenvalue weighted by Gasteiger charge is -2.13. The van der Waals surface area contributed by atoms with Gasteiger partial charge in [0.2, 0.25) is 0 Å². The van der Waals surface area contributed by atoms with Crippen LogP contribution in [0.3, 0.4) is 0 Å². The van der Waals surface area contributed by atoms with Crippen molar-refractivity contribution >= 4 is 34.2 Å². The summed E-state index contributed by atoms with van der Waals surface area (Å²) in [6, 6.07) is 30.2. The molecule has 6 nitrogen and oxygen atoms in total. The molecule has 2 amide bonds. The molecule has 0 saturated carbocycles. The molecule has 1 aromatic heterocycles. The van der Waals surface area contributed by atoms with Crippen molar-refractivity contribution < 1.29 is 4.79 Å². The Balaban J connectivity index is 1.35. The average molecular weight is 509 g/mol. The number of halogens is 1. The van der Waals surface area contributed by atoms with Gasteiger partial charge in [0.05, 0.1) is 17.4 Å². The third-order valence-corrected chi connectivity index (χ3v) is 6.51. The number of hydrogen-bond donors (Lipinski definition) is 2. The second kappa shape index (κ2) is 10.7. The minimum atomic E-state index is -0.345. The van der Waals surface area contributed by atoms with Crippen LogP contribution in [0.4, 0.5) is 10.5 Å². The minimum absolute atomic E-state index is 0.161. The van der Waals surface area contributed by atoms with E-state index in [0.717, 1.165) is 22.3 Å². The fourth-order valence-corrected chi connectivity index (χ4v) is 4.46. The molecule has 37 heavy (non-hydrogen) atoms. The zero-order chi connectivity index (χ0) is 25.8. The van der Waals surface area contributed by atoms with Crippen molar-refractivity contribution in [2.24, 2.45) is 0 Å². The van der Waals surface area contributed by atoms with E-state index in [-0.39, 0.29) is 11.6 Å². The molecule has 0 atom stereocenters. The molecule has 184 valence electrons. The first-order valence-corrected chi connectivity index (χ1v) is 12.3. The number of amides is 2. The molecule has 5 rings (SSSR count). The Morgan fingerprint density at radius 2 is 1.62 bits per heavy atom. The van der Waals surface area contributed by atoms with Crippen LogP contribution in [0.15, 0.2) is 102 Å². The lowest BCUT2D eigenvalue weighted by Crippen LogP contribution is -2.28. The Kier molecular flexibility index (Phi) is 7.01. The number of carbonyl (C=O) groups excluding carboxylic acids is 1. The lowest BCUT2D eigenvalue weighted by atomic mass is 10.0. The number of aromatic nitrogens is 2. The van der Waals surface area contributed by atoms with Gasteiger partial charge in [-0.1, -0.05) is 84.4 Å². The van der Waals surface area contributed by atoms with E-state index in [2.05, 4.69) is 15.6 Å². The topological polar surface area (TPSA) is 76.0 Å². The van der Waals surface area contributed by atoms with Crippen molar-refractivity contribution in [3.63, 3.8) is 0 Å². The highest BCUT2D eigenvalue weighted by molar-refractivity contribution is 6.33. The van der Waals surface area contributed by atoms with E-state index in [4.69, 9.17) is 11.6 Å². The number of benzene rings is 4. The maximum absolute atomic E-state index is 13.4. The quantitative estimate of drug-likeness (QED) is 0.279. The molecule has 0 unspecified atom stereocenters. The van der Waals surface area contributed by atoms with E-state index >= 15 is 0 Å². The number of nitrogens with zero attached hydrogens (tertiary/aromatic N) is 2. The predicted octanol–water partition coefficient (Wildman–Crippen LogP) is 6.40. The maximum atomic E-state index is 13.4. The third kappa shape index (κ3) is 5.55. The van der Waals surface area contributed by atoms with Crippen LogP contribution in [0.5, 0.6) is 0 Å². The van der Waals surface area contributed by atoms with Gasteiger partial charge in [0, 0.05) is 22.8 Å². The van der Waals surface area contributed by atoms with Crippen LogP contribution < -0.4 is 16.2 Å².